The number of carbonyl (C=O) groups excluding carboxylic acids is 4. The van der Waals surface area contributed by atoms with E-state index in [4.69, 9.17) is 0 Å². The van der Waals surface area contributed by atoms with Gasteiger partial charge in [-0.05, 0) is 125 Å². The van der Waals surface area contributed by atoms with Gasteiger partial charge < -0.3 is 21.3 Å². The van der Waals surface area contributed by atoms with Crippen LogP contribution in [0.4, 0.5) is 22.7 Å². The number of hydrogen-bond donors (Lipinski definition) is 4. The number of pyridine rings is 4. The topological polar surface area (TPSA) is 168 Å². The van der Waals surface area contributed by atoms with Crippen LogP contribution in [0.1, 0.15) is 63.7 Å². The quantitative estimate of drug-likeness (QED) is 0.117. The van der Waals surface area contributed by atoms with Gasteiger partial charge in [0, 0.05) is 47.0 Å². The minimum atomic E-state index is -0.118. The van der Waals surface area contributed by atoms with Crippen LogP contribution >= 0.6 is 0 Å². The van der Waals surface area contributed by atoms with Crippen LogP contribution in [0.5, 0.6) is 0 Å². The summed E-state index contributed by atoms with van der Waals surface area (Å²) < 4.78 is 0. The highest BCUT2D eigenvalue weighted by molar-refractivity contribution is 6.06. The van der Waals surface area contributed by atoms with Gasteiger partial charge in [-0.3, -0.25) is 39.1 Å². The highest BCUT2D eigenvalue weighted by Gasteiger charge is 2.08. The molecule has 0 fully saturated rings. The molecule has 8 rings (SSSR count). The van der Waals surface area contributed by atoms with Gasteiger partial charge in [-0.25, -0.2) is 0 Å². The number of nitrogens with zero attached hydrogens (tertiary/aromatic N) is 4. The minimum absolute atomic E-state index is 0.118. The molecule has 0 saturated carbocycles. The molecule has 12 nitrogen and oxygen atoms in total. The molecule has 0 aliphatic heterocycles. The molecule has 4 aromatic carbocycles. The van der Waals surface area contributed by atoms with E-state index in [1.807, 2.05) is 76.2 Å². The van der Waals surface area contributed by atoms with Crippen LogP contribution in [0.2, 0.25) is 0 Å². The molecule has 0 aliphatic rings. The molecule has 0 unspecified atom stereocenters. The molecule has 0 aliphatic carbocycles. The van der Waals surface area contributed by atoms with Crippen molar-refractivity contribution in [3.05, 3.63) is 240 Å². The van der Waals surface area contributed by atoms with Crippen LogP contribution in [0.25, 0.3) is 0 Å². The average molecular weight is 849 g/mol. The summed E-state index contributed by atoms with van der Waals surface area (Å²) in [5, 5.41) is 11.1. The predicted molar refractivity (Wildman–Crippen MR) is 253 cm³/mol. The van der Waals surface area contributed by atoms with E-state index in [1.54, 1.807) is 147 Å². The van der Waals surface area contributed by atoms with Gasteiger partial charge in [0.05, 0.1) is 47.5 Å². The Morgan fingerprint density at radius 1 is 0.297 bits per heavy atom. The van der Waals surface area contributed by atoms with Gasteiger partial charge in [-0.15, -0.1) is 0 Å². The van der Waals surface area contributed by atoms with Gasteiger partial charge in [0.1, 0.15) is 0 Å². The van der Waals surface area contributed by atoms with E-state index in [-0.39, 0.29) is 23.6 Å². The molecule has 0 saturated heterocycles. The molecule has 0 bridgehead atoms. The van der Waals surface area contributed by atoms with Gasteiger partial charge in [0.15, 0.2) is 0 Å². The lowest BCUT2D eigenvalue weighted by Gasteiger charge is -2.04. The van der Waals surface area contributed by atoms with Crippen LogP contribution in [0, 0.1) is 27.7 Å². The summed E-state index contributed by atoms with van der Waals surface area (Å²) in [4.78, 5) is 62.9. The SMILES string of the molecule is Cc1ccc(C(=O)Nc2cccnc2)cc1.Cc1ccc(C(=O)Nc2cccnc2)cc1.Cc1ccc(C(=O)Nc2cccnc2)cc1.Cc1ccc(C(=O)Nc2cccnc2)cc1. The van der Waals surface area contributed by atoms with E-state index < -0.39 is 0 Å². The summed E-state index contributed by atoms with van der Waals surface area (Å²) in [7, 11) is 0. The van der Waals surface area contributed by atoms with Gasteiger partial charge in [-0.1, -0.05) is 70.8 Å². The summed E-state index contributed by atoms with van der Waals surface area (Å²) in [6.45, 7) is 7.96. The summed E-state index contributed by atoms with van der Waals surface area (Å²) >= 11 is 0. The predicted octanol–water partition coefficient (Wildman–Crippen LogP) is 10.6. The maximum Gasteiger partial charge on any atom is 0.255 e. The molecule has 320 valence electrons. The molecule has 8 aromatic rings. The Morgan fingerprint density at radius 3 is 0.641 bits per heavy atom. The van der Waals surface area contributed by atoms with E-state index in [1.165, 1.54) is 0 Å². The molecular formula is C52H48N8O4. The van der Waals surface area contributed by atoms with E-state index in [9.17, 15) is 19.2 Å². The zero-order valence-electron chi connectivity index (χ0n) is 35.9. The fourth-order valence-electron chi connectivity index (χ4n) is 5.38. The summed E-state index contributed by atoms with van der Waals surface area (Å²) in [5.41, 5.74) is 9.95. The first kappa shape index (κ1) is 46.4. The molecule has 64 heavy (non-hydrogen) atoms. The number of benzene rings is 4. The van der Waals surface area contributed by atoms with Crippen LogP contribution in [0.3, 0.4) is 0 Å². The fourth-order valence-corrected chi connectivity index (χ4v) is 5.38. The zero-order valence-corrected chi connectivity index (χ0v) is 35.9. The number of aromatic nitrogens is 4. The third kappa shape index (κ3) is 16.1. The fraction of sp³-hybridized carbons (Fsp3) is 0.0769. The number of carbonyl (C=O) groups is 4. The molecular weight excluding hydrogens is 801 g/mol. The largest absolute Gasteiger partial charge is 0.321 e. The number of rotatable bonds is 8. The second kappa shape index (κ2) is 24.6. The van der Waals surface area contributed by atoms with Crippen molar-refractivity contribution in [3.8, 4) is 0 Å². The number of anilines is 4. The first-order valence-corrected chi connectivity index (χ1v) is 20.1. The molecule has 0 atom stereocenters. The third-order valence-electron chi connectivity index (χ3n) is 8.93. The standard InChI is InChI=1S/4C13H12N2O/c4*1-10-4-6-11(7-5-10)13(16)15-12-3-2-8-14-9-12/h4*2-9H,1H3,(H,15,16). The van der Waals surface area contributed by atoms with Gasteiger partial charge in [0.25, 0.3) is 23.6 Å². The van der Waals surface area contributed by atoms with Gasteiger partial charge >= 0.3 is 0 Å². The van der Waals surface area contributed by atoms with Crippen molar-refractivity contribution < 1.29 is 19.2 Å². The lowest BCUT2D eigenvalue weighted by Crippen LogP contribution is -2.11. The van der Waals surface area contributed by atoms with Crippen molar-refractivity contribution in [1.82, 2.24) is 19.9 Å². The highest BCUT2D eigenvalue weighted by atomic mass is 16.2. The maximum atomic E-state index is 11.8. The van der Waals surface area contributed by atoms with Crippen LogP contribution in [-0.2, 0) is 0 Å². The summed E-state index contributed by atoms with van der Waals surface area (Å²) in [6, 6.07) is 44.1. The maximum absolute atomic E-state index is 11.8. The Hall–Kier alpha value is -8.64. The van der Waals surface area contributed by atoms with E-state index in [2.05, 4.69) is 41.2 Å². The number of aryl methyl sites for hydroxylation is 4. The Balaban J connectivity index is 0.000000161. The van der Waals surface area contributed by atoms with E-state index in [0.717, 1.165) is 22.3 Å². The first-order valence-electron chi connectivity index (χ1n) is 20.1. The zero-order chi connectivity index (χ0) is 45.5. The second-order valence-electron chi connectivity index (χ2n) is 14.2. The molecule has 4 amide bonds. The smallest absolute Gasteiger partial charge is 0.255 e. The Morgan fingerprint density at radius 2 is 0.484 bits per heavy atom. The van der Waals surface area contributed by atoms with Crippen molar-refractivity contribution >= 4 is 46.4 Å². The average Bonchev–Trinajstić information content (AvgIpc) is 3.32. The van der Waals surface area contributed by atoms with Crippen LogP contribution in [-0.4, -0.2) is 43.6 Å². The van der Waals surface area contributed by atoms with Crippen molar-refractivity contribution in [2.24, 2.45) is 0 Å². The number of amides is 4. The first-order chi connectivity index (χ1) is 31.0. The van der Waals surface area contributed by atoms with Crippen LogP contribution < -0.4 is 21.3 Å². The Bertz CT molecular complexity index is 2290. The minimum Gasteiger partial charge on any atom is -0.321 e. The van der Waals surface area contributed by atoms with Crippen molar-refractivity contribution in [3.63, 3.8) is 0 Å². The molecule has 0 spiro atoms. The van der Waals surface area contributed by atoms with Crippen LogP contribution in [0.15, 0.2) is 195 Å². The number of nitrogens with one attached hydrogen (secondary N) is 4. The second-order valence-corrected chi connectivity index (χ2v) is 14.2. The third-order valence-corrected chi connectivity index (χ3v) is 8.93. The van der Waals surface area contributed by atoms with Crippen molar-refractivity contribution in [2.75, 3.05) is 21.3 Å². The normalized spacial score (nSPS) is 9.81. The summed E-state index contributed by atoms with van der Waals surface area (Å²) in [6.07, 6.45) is 13.1. The summed E-state index contributed by atoms with van der Waals surface area (Å²) in [5.74, 6) is -0.470. The van der Waals surface area contributed by atoms with E-state index >= 15 is 0 Å². The Labute approximate surface area is 372 Å². The lowest BCUT2D eigenvalue weighted by atomic mass is 10.1. The molecule has 12 heteroatoms. The highest BCUT2D eigenvalue weighted by Crippen LogP contribution is 2.12. The molecule has 4 aromatic heterocycles. The molecule has 4 N–H and O–H groups in total. The monoisotopic (exact) mass is 848 g/mol. The van der Waals surface area contributed by atoms with E-state index in [0.29, 0.717) is 45.0 Å². The van der Waals surface area contributed by atoms with Gasteiger partial charge in [-0.2, -0.15) is 0 Å². The number of hydrogen-bond acceptors (Lipinski definition) is 8. The molecule has 0 radical (unpaired) electrons. The Kier molecular flexibility index (Phi) is 17.8. The molecule has 4 heterocycles. The van der Waals surface area contributed by atoms with Crippen molar-refractivity contribution in [1.29, 1.82) is 0 Å². The van der Waals surface area contributed by atoms with Gasteiger partial charge in [0.2, 0.25) is 0 Å². The van der Waals surface area contributed by atoms with Crippen molar-refractivity contribution in [2.45, 2.75) is 27.7 Å². The lowest BCUT2D eigenvalue weighted by molar-refractivity contribution is 0.101.